The first kappa shape index (κ1) is 23.0. The lowest BCUT2D eigenvalue weighted by atomic mass is 10.1. The third-order valence-corrected chi connectivity index (χ3v) is 5.34. The highest BCUT2D eigenvalue weighted by Gasteiger charge is 2.34. The summed E-state index contributed by atoms with van der Waals surface area (Å²) in [6, 6.07) is 16.8. The number of nitrogens with one attached hydrogen (secondary N) is 2. The molecule has 1 unspecified atom stereocenters. The highest BCUT2D eigenvalue weighted by molar-refractivity contribution is 5.97. The standard InChI is InChI=1S/C24H27N3O5/c1-32-23(30)15-25-21(28)13-18-7-9-20(10-8-18)26-24(31)19-14-22(29)27(16-19)12-11-17-5-3-2-4-6-17/h2-10,19H,11-16H2,1H3,(H,25,28)(H,26,31). The molecule has 8 nitrogen and oxygen atoms in total. The van der Waals surface area contributed by atoms with Crippen LogP contribution in [0.3, 0.4) is 0 Å². The van der Waals surface area contributed by atoms with Crippen molar-refractivity contribution in [3.8, 4) is 0 Å². The van der Waals surface area contributed by atoms with Crippen LogP contribution in [0.5, 0.6) is 0 Å². The van der Waals surface area contributed by atoms with Gasteiger partial charge >= 0.3 is 5.97 Å². The normalized spacial score (nSPS) is 15.3. The van der Waals surface area contributed by atoms with E-state index in [4.69, 9.17) is 0 Å². The number of likely N-dealkylation sites (tertiary alicyclic amines) is 1. The first-order valence-corrected chi connectivity index (χ1v) is 10.5. The molecule has 8 heteroatoms. The fraction of sp³-hybridized carbons (Fsp3) is 0.333. The number of benzene rings is 2. The van der Waals surface area contributed by atoms with E-state index in [1.165, 1.54) is 7.11 Å². The molecule has 1 atom stereocenters. The van der Waals surface area contributed by atoms with Gasteiger partial charge in [0.25, 0.3) is 0 Å². The van der Waals surface area contributed by atoms with E-state index in [0.717, 1.165) is 17.5 Å². The first-order valence-electron chi connectivity index (χ1n) is 10.5. The zero-order valence-electron chi connectivity index (χ0n) is 18.0. The van der Waals surface area contributed by atoms with E-state index < -0.39 is 5.97 Å². The van der Waals surface area contributed by atoms with Crippen LogP contribution in [0, 0.1) is 5.92 Å². The van der Waals surface area contributed by atoms with Crippen molar-refractivity contribution >= 4 is 29.4 Å². The summed E-state index contributed by atoms with van der Waals surface area (Å²) in [5.41, 5.74) is 2.50. The van der Waals surface area contributed by atoms with E-state index in [0.29, 0.717) is 18.8 Å². The van der Waals surface area contributed by atoms with E-state index in [9.17, 15) is 19.2 Å². The smallest absolute Gasteiger partial charge is 0.325 e. The Morgan fingerprint density at radius 3 is 2.44 bits per heavy atom. The van der Waals surface area contributed by atoms with Gasteiger partial charge in [0.05, 0.1) is 19.4 Å². The van der Waals surface area contributed by atoms with Crippen molar-refractivity contribution in [2.75, 3.05) is 32.1 Å². The van der Waals surface area contributed by atoms with Crippen LogP contribution in [-0.2, 0) is 36.8 Å². The van der Waals surface area contributed by atoms with Gasteiger partial charge in [-0.05, 0) is 29.7 Å². The van der Waals surface area contributed by atoms with E-state index in [-0.39, 0.29) is 43.0 Å². The molecule has 1 saturated heterocycles. The molecule has 0 bridgehead atoms. The molecule has 1 heterocycles. The zero-order valence-corrected chi connectivity index (χ0v) is 18.0. The van der Waals surface area contributed by atoms with Gasteiger partial charge in [-0.15, -0.1) is 0 Å². The molecule has 0 spiro atoms. The minimum atomic E-state index is -0.513. The summed E-state index contributed by atoms with van der Waals surface area (Å²) in [4.78, 5) is 49.6. The number of nitrogens with zero attached hydrogens (tertiary/aromatic N) is 1. The van der Waals surface area contributed by atoms with Crippen LogP contribution < -0.4 is 10.6 Å². The van der Waals surface area contributed by atoms with Crippen LogP contribution in [0.15, 0.2) is 54.6 Å². The third-order valence-electron chi connectivity index (χ3n) is 5.34. The maximum atomic E-state index is 12.6. The third kappa shape index (κ3) is 6.66. The lowest BCUT2D eigenvalue weighted by Crippen LogP contribution is -2.31. The molecule has 3 amide bonds. The number of hydrogen-bond acceptors (Lipinski definition) is 5. The molecule has 1 aliphatic rings. The Labute approximate surface area is 186 Å². The second-order valence-corrected chi connectivity index (χ2v) is 7.69. The molecule has 0 aromatic heterocycles. The summed E-state index contributed by atoms with van der Waals surface area (Å²) in [5, 5.41) is 5.32. The summed E-state index contributed by atoms with van der Waals surface area (Å²) in [7, 11) is 1.26. The lowest BCUT2D eigenvalue weighted by molar-refractivity contribution is -0.141. The summed E-state index contributed by atoms with van der Waals surface area (Å²) in [5.74, 6) is -1.40. The number of carbonyl (C=O) groups is 4. The number of rotatable bonds is 9. The molecule has 0 saturated carbocycles. The van der Waals surface area contributed by atoms with Gasteiger partial charge in [0, 0.05) is 25.2 Å². The van der Waals surface area contributed by atoms with Gasteiger partial charge in [0.15, 0.2) is 0 Å². The van der Waals surface area contributed by atoms with E-state index in [1.54, 1.807) is 29.2 Å². The van der Waals surface area contributed by atoms with Crippen LogP contribution in [0.1, 0.15) is 17.5 Å². The summed E-state index contributed by atoms with van der Waals surface area (Å²) < 4.78 is 4.47. The van der Waals surface area contributed by atoms with E-state index in [1.807, 2.05) is 30.3 Å². The van der Waals surface area contributed by atoms with E-state index in [2.05, 4.69) is 15.4 Å². The number of methoxy groups -OCH3 is 1. The molecule has 0 radical (unpaired) electrons. The van der Waals surface area contributed by atoms with Crippen LogP contribution in [0.4, 0.5) is 5.69 Å². The van der Waals surface area contributed by atoms with Gasteiger partial charge < -0.3 is 20.3 Å². The zero-order chi connectivity index (χ0) is 22.9. The van der Waals surface area contributed by atoms with Crippen LogP contribution >= 0.6 is 0 Å². The minimum Gasteiger partial charge on any atom is -0.468 e. The van der Waals surface area contributed by atoms with Crippen molar-refractivity contribution in [2.24, 2.45) is 5.92 Å². The maximum absolute atomic E-state index is 12.6. The molecule has 2 aromatic rings. The molecule has 1 aliphatic heterocycles. The van der Waals surface area contributed by atoms with E-state index >= 15 is 0 Å². The molecule has 168 valence electrons. The molecule has 2 N–H and O–H groups in total. The highest BCUT2D eigenvalue weighted by Crippen LogP contribution is 2.21. The topological polar surface area (TPSA) is 105 Å². The number of anilines is 1. The van der Waals surface area contributed by atoms with Gasteiger partial charge in [-0.25, -0.2) is 0 Å². The molecule has 0 aliphatic carbocycles. The lowest BCUT2D eigenvalue weighted by Gasteiger charge is -2.16. The van der Waals surface area contributed by atoms with Gasteiger partial charge in [0.2, 0.25) is 17.7 Å². The Bertz CT molecular complexity index is 959. The number of amides is 3. The predicted octanol–water partition coefficient (Wildman–Crippen LogP) is 1.55. The van der Waals surface area contributed by atoms with Crippen molar-refractivity contribution in [1.29, 1.82) is 0 Å². The van der Waals surface area contributed by atoms with Crippen LogP contribution in [-0.4, -0.2) is 55.3 Å². The van der Waals surface area contributed by atoms with Crippen molar-refractivity contribution in [3.63, 3.8) is 0 Å². The van der Waals surface area contributed by atoms with Crippen LogP contribution in [0.2, 0.25) is 0 Å². The Kier molecular flexibility index (Phi) is 7.96. The minimum absolute atomic E-state index is 0.00519. The summed E-state index contributed by atoms with van der Waals surface area (Å²) in [6.07, 6.45) is 1.08. The van der Waals surface area contributed by atoms with Crippen molar-refractivity contribution in [1.82, 2.24) is 10.2 Å². The van der Waals surface area contributed by atoms with Gasteiger partial charge in [-0.1, -0.05) is 42.5 Å². The Hall–Kier alpha value is -3.68. The fourth-order valence-corrected chi connectivity index (χ4v) is 3.51. The highest BCUT2D eigenvalue weighted by atomic mass is 16.5. The largest absolute Gasteiger partial charge is 0.468 e. The number of esters is 1. The van der Waals surface area contributed by atoms with Gasteiger partial charge in [-0.2, -0.15) is 0 Å². The van der Waals surface area contributed by atoms with Gasteiger partial charge in [0.1, 0.15) is 6.54 Å². The molecule has 1 fully saturated rings. The van der Waals surface area contributed by atoms with Gasteiger partial charge in [-0.3, -0.25) is 19.2 Å². The molecular formula is C24H27N3O5. The fourth-order valence-electron chi connectivity index (χ4n) is 3.51. The monoisotopic (exact) mass is 437 g/mol. The quantitative estimate of drug-likeness (QED) is 0.579. The number of hydrogen-bond donors (Lipinski definition) is 2. The predicted molar refractivity (Wildman–Crippen MR) is 119 cm³/mol. The van der Waals surface area contributed by atoms with Crippen LogP contribution in [0.25, 0.3) is 0 Å². The Morgan fingerprint density at radius 1 is 1.03 bits per heavy atom. The number of carbonyl (C=O) groups excluding carboxylic acids is 4. The molecular weight excluding hydrogens is 410 g/mol. The summed E-state index contributed by atoms with van der Waals surface area (Å²) in [6.45, 7) is 0.835. The molecule has 3 rings (SSSR count). The average molecular weight is 437 g/mol. The Balaban J connectivity index is 1.45. The second-order valence-electron chi connectivity index (χ2n) is 7.69. The second kappa shape index (κ2) is 11.1. The summed E-state index contributed by atoms with van der Waals surface area (Å²) >= 11 is 0. The van der Waals surface area contributed by atoms with Crippen molar-refractivity contribution in [3.05, 3.63) is 65.7 Å². The first-order chi connectivity index (χ1) is 15.4. The molecule has 2 aromatic carbocycles. The molecule has 32 heavy (non-hydrogen) atoms. The van der Waals surface area contributed by atoms with Crippen molar-refractivity contribution in [2.45, 2.75) is 19.3 Å². The SMILES string of the molecule is COC(=O)CNC(=O)Cc1ccc(NC(=O)C2CC(=O)N(CCc3ccccc3)C2)cc1. The number of ether oxygens (including phenoxy) is 1. The Morgan fingerprint density at radius 2 is 1.75 bits per heavy atom. The van der Waals surface area contributed by atoms with Crippen molar-refractivity contribution < 1.29 is 23.9 Å². The maximum Gasteiger partial charge on any atom is 0.325 e. The average Bonchev–Trinajstić information content (AvgIpc) is 3.18.